The number of aliphatic imine (C=N–C) groups is 1. The number of hydrogen-bond donors (Lipinski definition) is 4. The molecule has 0 aliphatic rings. The van der Waals surface area contributed by atoms with Crippen LogP contribution in [0.1, 0.15) is 50.0 Å². The first-order chi connectivity index (χ1) is 19.2. The zero-order valence-electron chi connectivity index (χ0n) is 23.3. The number of hydrogen-bond acceptors (Lipinski definition) is 8. The second kappa shape index (κ2) is 14.9. The minimum Gasteiger partial charge on any atom is -0.465 e. The maximum atomic E-state index is 12.6. The van der Waals surface area contributed by atoms with Crippen LogP contribution in [-0.2, 0) is 29.1 Å². The van der Waals surface area contributed by atoms with E-state index in [1.54, 1.807) is 33.8 Å². The van der Waals surface area contributed by atoms with Gasteiger partial charge < -0.3 is 25.8 Å². The van der Waals surface area contributed by atoms with Crippen molar-refractivity contribution >= 4 is 39.7 Å². The van der Waals surface area contributed by atoms with E-state index in [0.29, 0.717) is 5.56 Å². The van der Waals surface area contributed by atoms with Crippen molar-refractivity contribution < 1.29 is 37.1 Å². The first-order valence-corrected chi connectivity index (χ1v) is 14.2. The third-order valence-corrected chi connectivity index (χ3v) is 6.60. The number of ether oxygens (including phenoxy) is 2. The number of nitrogens with zero attached hydrogens (tertiary/aromatic N) is 1. The summed E-state index contributed by atoms with van der Waals surface area (Å²) in [5.41, 5.74) is 5.80. The fraction of sp³-hybridized carbons (Fsp3) is 0.370. The maximum absolute atomic E-state index is 12.6. The van der Waals surface area contributed by atoms with Gasteiger partial charge >= 0.3 is 12.1 Å². The van der Waals surface area contributed by atoms with Crippen LogP contribution in [-0.4, -0.2) is 69.5 Å². The highest BCUT2D eigenvalue weighted by molar-refractivity contribution is 7.89. The SMILES string of the molecule is CCOC(=O)[C@H](CNC(=O)CCNC(=O)c1ccc(C(N)=NC(=O)OC(C)(C)C)cc1)NS(=O)(=O)c1ccccc1. The van der Waals surface area contributed by atoms with E-state index in [-0.39, 0.29) is 42.4 Å². The summed E-state index contributed by atoms with van der Waals surface area (Å²) in [4.78, 5) is 52.5. The molecule has 0 bridgehead atoms. The average Bonchev–Trinajstić information content (AvgIpc) is 2.90. The number of nitrogens with two attached hydrogens (primary N) is 1. The molecule has 0 saturated carbocycles. The highest BCUT2D eigenvalue weighted by Gasteiger charge is 2.27. The Morgan fingerprint density at radius 2 is 1.56 bits per heavy atom. The quantitative estimate of drug-likeness (QED) is 0.161. The van der Waals surface area contributed by atoms with Crippen LogP contribution in [0.3, 0.4) is 0 Å². The number of sulfonamides is 1. The number of nitrogens with one attached hydrogen (secondary N) is 3. The zero-order chi connectivity index (χ0) is 30.6. The van der Waals surface area contributed by atoms with E-state index >= 15 is 0 Å². The molecule has 5 N–H and O–H groups in total. The van der Waals surface area contributed by atoms with Crippen LogP contribution in [0.4, 0.5) is 4.79 Å². The molecule has 0 unspecified atom stereocenters. The summed E-state index contributed by atoms with van der Waals surface area (Å²) in [5.74, 6) is -1.91. The molecule has 13 nitrogen and oxygen atoms in total. The third-order valence-electron chi connectivity index (χ3n) is 5.11. The van der Waals surface area contributed by atoms with Gasteiger partial charge in [-0.3, -0.25) is 14.4 Å². The van der Waals surface area contributed by atoms with Gasteiger partial charge in [-0.2, -0.15) is 9.71 Å². The van der Waals surface area contributed by atoms with Gasteiger partial charge in [0.2, 0.25) is 15.9 Å². The number of carbonyl (C=O) groups excluding carboxylic acids is 4. The zero-order valence-corrected chi connectivity index (χ0v) is 24.1. The van der Waals surface area contributed by atoms with Crippen molar-refractivity contribution in [3.05, 3.63) is 65.7 Å². The molecule has 0 aliphatic heterocycles. The Hall–Kier alpha value is -4.30. The Kier molecular flexibility index (Phi) is 12.0. The van der Waals surface area contributed by atoms with Gasteiger partial charge in [0.25, 0.3) is 5.91 Å². The lowest BCUT2D eigenvalue weighted by Crippen LogP contribution is -2.49. The summed E-state index contributed by atoms with van der Waals surface area (Å²) in [7, 11) is -4.05. The number of esters is 1. The van der Waals surface area contributed by atoms with E-state index in [4.69, 9.17) is 15.2 Å². The number of benzene rings is 2. The van der Waals surface area contributed by atoms with Crippen molar-refractivity contribution in [1.82, 2.24) is 15.4 Å². The molecule has 222 valence electrons. The number of rotatable bonds is 12. The third kappa shape index (κ3) is 11.4. The molecule has 2 aromatic carbocycles. The molecule has 2 aromatic rings. The van der Waals surface area contributed by atoms with E-state index in [1.807, 2.05) is 0 Å². The highest BCUT2D eigenvalue weighted by Crippen LogP contribution is 2.10. The summed E-state index contributed by atoms with van der Waals surface area (Å²) in [5, 5.41) is 5.06. The van der Waals surface area contributed by atoms with Crippen LogP contribution in [0.2, 0.25) is 0 Å². The fourth-order valence-corrected chi connectivity index (χ4v) is 4.41. The standard InChI is InChI=1S/C27H35N5O8S/c1-5-39-25(35)21(32-41(37,38)20-9-7-6-8-10-20)17-30-22(33)15-16-29-24(34)19-13-11-18(12-14-19)23(28)31-26(36)40-27(2,3)4/h6-14,21,32H,5,15-17H2,1-4H3,(H,29,34)(H,30,33)(H2,28,31,36)/t21-/m0/s1. The smallest absolute Gasteiger partial charge is 0.436 e. The lowest BCUT2D eigenvalue weighted by molar-refractivity contribution is -0.145. The number of amidine groups is 1. The van der Waals surface area contributed by atoms with Gasteiger partial charge in [-0.1, -0.05) is 30.3 Å². The summed E-state index contributed by atoms with van der Waals surface area (Å²) in [6.45, 7) is 6.30. The molecule has 2 rings (SSSR count). The van der Waals surface area contributed by atoms with E-state index < -0.39 is 45.5 Å². The first kappa shape index (κ1) is 32.9. The second-order valence-corrected chi connectivity index (χ2v) is 11.3. The number of carbonyl (C=O) groups is 4. The Bertz CT molecular complexity index is 1350. The Balaban J connectivity index is 1.88. The minimum absolute atomic E-state index is 0.0203. The van der Waals surface area contributed by atoms with Gasteiger partial charge in [-0.25, -0.2) is 13.2 Å². The van der Waals surface area contributed by atoms with Crippen molar-refractivity contribution in [3.63, 3.8) is 0 Å². The minimum atomic E-state index is -4.05. The lowest BCUT2D eigenvalue weighted by Gasteiger charge is -2.18. The predicted molar refractivity (Wildman–Crippen MR) is 151 cm³/mol. The van der Waals surface area contributed by atoms with Crippen LogP contribution < -0.4 is 21.1 Å². The molecule has 3 amide bonds. The molecule has 0 heterocycles. The van der Waals surface area contributed by atoms with Gasteiger partial charge in [0, 0.05) is 30.6 Å². The van der Waals surface area contributed by atoms with Crippen LogP contribution in [0.15, 0.2) is 64.5 Å². The predicted octanol–water partition coefficient (Wildman–Crippen LogP) is 1.47. The molecule has 0 aromatic heterocycles. The normalized spacial score (nSPS) is 12.6. The van der Waals surface area contributed by atoms with E-state index in [1.165, 1.54) is 48.5 Å². The second-order valence-electron chi connectivity index (χ2n) is 9.60. The molecule has 0 saturated heterocycles. The summed E-state index contributed by atoms with van der Waals surface area (Å²) in [6, 6.07) is 12.1. The molecule has 0 fully saturated rings. The van der Waals surface area contributed by atoms with Crippen molar-refractivity contribution in [2.24, 2.45) is 10.7 Å². The van der Waals surface area contributed by atoms with Gasteiger partial charge in [0.15, 0.2) is 0 Å². The molecule has 14 heteroatoms. The lowest BCUT2D eigenvalue weighted by atomic mass is 10.1. The Labute approximate surface area is 238 Å². The van der Waals surface area contributed by atoms with Crippen LogP contribution in [0.5, 0.6) is 0 Å². The Morgan fingerprint density at radius 1 is 0.951 bits per heavy atom. The van der Waals surface area contributed by atoms with Crippen LogP contribution in [0, 0.1) is 0 Å². The summed E-state index contributed by atoms with van der Waals surface area (Å²) < 4.78 is 37.5. The topological polar surface area (TPSA) is 195 Å². The van der Waals surface area contributed by atoms with Crippen LogP contribution >= 0.6 is 0 Å². The van der Waals surface area contributed by atoms with Crippen molar-refractivity contribution in [2.45, 2.75) is 50.7 Å². The monoisotopic (exact) mass is 589 g/mol. The van der Waals surface area contributed by atoms with E-state index in [0.717, 1.165) is 0 Å². The fourth-order valence-electron chi connectivity index (χ4n) is 3.21. The molecule has 0 radical (unpaired) electrons. The highest BCUT2D eigenvalue weighted by atomic mass is 32.2. The largest absolute Gasteiger partial charge is 0.465 e. The van der Waals surface area contributed by atoms with E-state index in [9.17, 15) is 27.6 Å². The van der Waals surface area contributed by atoms with Gasteiger partial charge in [0.05, 0.1) is 11.5 Å². The Morgan fingerprint density at radius 3 is 2.15 bits per heavy atom. The van der Waals surface area contributed by atoms with Crippen molar-refractivity contribution in [1.29, 1.82) is 0 Å². The van der Waals surface area contributed by atoms with Gasteiger partial charge in [-0.05, 0) is 52.0 Å². The van der Waals surface area contributed by atoms with Crippen molar-refractivity contribution in [2.75, 3.05) is 19.7 Å². The van der Waals surface area contributed by atoms with Gasteiger partial charge in [0.1, 0.15) is 17.5 Å². The molecular weight excluding hydrogens is 554 g/mol. The maximum Gasteiger partial charge on any atom is 0.436 e. The average molecular weight is 590 g/mol. The molecular formula is C27H35N5O8S. The van der Waals surface area contributed by atoms with Crippen LogP contribution in [0.25, 0.3) is 0 Å². The first-order valence-electron chi connectivity index (χ1n) is 12.7. The van der Waals surface area contributed by atoms with Gasteiger partial charge in [-0.15, -0.1) is 0 Å². The molecule has 0 aliphatic carbocycles. The van der Waals surface area contributed by atoms with Crippen molar-refractivity contribution in [3.8, 4) is 0 Å². The van der Waals surface area contributed by atoms with E-state index in [2.05, 4.69) is 20.3 Å². The molecule has 1 atom stereocenters. The number of amides is 3. The molecule has 41 heavy (non-hydrogen) atoms. The summed E-state index contributed by atoms with van der Waals surface area (Å²) >= 11 is 0. The molecule has 0 spiro atoms. The summed E-state index contributed by atoms with van der Waals surface area (Å²) in [6.07, 6.45) is -0.974.